The highest BCUT2D eigenvalue weighted by Crippen LogP contribution is 2.06. The van der Waals surface area contributed by atoms with Crippen molar-refractivity contribution in [2.45, 2.75) is 59.2 Å². The summed E-state index contributed by atoms with van der Waals surface area (Å²) in [5, 5.41) is 14.2. The highest BCUT2D eigenvalue weighted by Gasteiger charge is 2.26. The molecule has 0 spiro atoms. The van der Waals surface area contributed by atoms with E-state index in [4.69, 9.17) is 9.84 Å². The van der Waals surface area contributed by atoms with Crippen LogP contribution in [-0.2, 0) is 19.1 Å². The van der Waals surface area contributed by atoms with E-state index in [0.717, 1.165) is 0 Å². The first-order chi connectivity index (χ1) is 9.44. The maximum absolute atomic E-state index is 11.9. The van der Waals surface area contributed by atoms with Gasteiger partial charge in [0, 0.05) is 0 Å². The number of esters is 1. The second-order valence-corrected chi connectivity index (χ2v) is 6.26. The normalized spacial score (nSPS) is 14.4. The average Bonchev–Trinajstić information content (AvgIpc) is 2.29. The minimum absolute atomic E-state index is 0.120. The van der Waals surface area contributed by atoms with Gasteiger partial charge in [-0.3, -0.25) is 14.9 Å². The molecule has 21 heavy (non-hydrogen) atoms. The molecular formula is C14H26N2O5. The number of carboxylic acids is 1. The molecule has 7 nitrogen and oxygen atoms in total. The summed E-state index contributed by atoms with van der Waals surface area (Å²) in [5.41, 5.74) is -0.587. The fourth-order valence-corrected chi connectivity index (χ4v) is 1.50. The molecule has 0 aromatic carbocycles. The van der Waals surface area contributed by atoms with Gasteiger partial charge in [0.05, 0.1) is 12.6 Å². The summed E-state index contributed by atoms with van der Waals surface area (Å²) in [6.07, 6.45) is 0. The SMILES string of the molecule is CC(C)[C@H](NC(=O)[C@H](C)NCC(=O)OC(C)(C)C)C(=O)O. The van der Waals surface area contributed by atoms with Crippen molar-refractivity contribution in [3.8, 4) is 0 Å². The Bertz CT molecular complexity index is 387. The van der Waals surface area contributed by atoms with Crippen LogP contribution in [0.3, 0.4) is 0 Å². The Balaban J connectivity index is 4.34. The first-order valence-corrected chi connectivity index (χ1v) is 6.92. The molecule has 0 aromatic heterocycles. The number of carbonyl (C=O) groups excluding carboxylic acids is 2. The molecule has 0 saturated carbocycles. The van der Waals surface area contributed by atoms with E-state index in [-0.39, 0.29) is 12.5 Å². The zero-order chi connectivity index (χ0) is 16.8. The quantitative estimate of drug-likeness (QED) is 0.593. The van der Waals surface area contributed by atoms with E-state index >= 15 is 0 Å². The third-order valence-electron chi connectivity index (χ3n) is 2.60. The summed E-state index contributed by atoms with van der Waals surface area (Å²) in [5.74, 6) is -2.26. The number of nitrogens with one attached hydrogen (secondary N) is 2. The summed E-state index contributed by atoms with van der Waals surface area (Å²) >= 11 is 0. The number of hydrogen-bond donors (Lipinski definition) is 3. The number of amides is 1. The lowest BCUT2D eigenvalue weighted by Gasteiger charge is -2.22. The van der Waals surface area contributed by atoms with Gasteiger partial charge in [0.15, 0.2) is 0 Å². The summed E-state index contributed by atoms with van der Waals surface area (Å²) < 4.78 is 5.10. The van der Waals surface area contributed by atoms with Crippen LogP contribution < -0.4 is 10.6 Å². The van der Waals surface area contributed by atoms with Crippen LogP contribution in [0, 0.1) is 5.92 Å². The number of ether oxygens (including phenoxy) is 1. The van der Waals surface area contributed by atoms with E-state index in [1.807, 2.05) is 0 Å². The highest BCUT2D eigenvalue weighted by atomic mass is 16.6. The Hall–Kier alpha value is -1.63. The van der Waals surface area contributed by atoms with Gasteiger partial charge in [0.2, 0.25) is 5.91 Å². The van der Waals surface area contributed by atoms with Crippen LogP contribution in [0.1, 0.15) is 41.5 Å². The third kappa shape index (κ3) is 8.29. The van der Waals surface area contributed by atoms with E-state index in [0.29, 0.717) is 0 Å². The van der Waals surface area contributed by atoms with Crippen molar-refractivity contribution in [2.24, 2.45) is 5.92 Å². The summed E-state index contributed by atoms with van der Waals surface area (Å²) in [6.45, 7) is 10.1. The first kappa shape index (κ1) is 19.4. The maximum Gasteiger partial charge on any atom is 0.326 e. The van der Waals surface area contributed by atoms with Gasteiger partial charge in [-0.2, -0.15) is 0 Å². The van der Waals surface area contributed by atoms with Gasteiger partial charge in [0.25, 0.3) is 0 Å². The Kier molecular flexibility index (Phi) is 7.35. The van der Waals surface area contributed by atoms with Gasteiger partial charge in [0.1, 0.15) is 11.6 Å². The second-order valence-electron chi connectivity index (χ2n) is 6.26. The fourth-order valence-electron chi connectivity index (χ4n) is 1.50. The molecule has 122 valence electrons. The molecule has 0 aromatic rings. The minimum atomic E-state index is -1.09. The van der Waals surface area contributed by atoms with Crippen molar-refractivity contribution in [1.82, 2.24) is 10.6 Å². The summed E-state index contributed by atoms with van der Waals surface area (Å²) in [4.78, 5) is 34.4. The molecule has 0 aliphatic heterocycles. The summed E-state index contributed by atoms with van der Waals surface area (Å²) in [6, 6.07) is -1.65. The lowest BCUT2D eigenvalue weighted by molar-refractivity contribution is -0.154. The predicted molar refractivity (Wildman–Crippen MR) is 77.7 cm³/mol. The van der Waals surface area contributed by atoms with E-state index in [1.54, 1.807) is 41.5 Å². The molecule has 0 unspecified atom stereocenters. The number of carboxylic acid groups (broad SMARTS) is 1. The number of carbonyl (C=O) groups is 3. The molecule has 0 aliphatic carbocycles. The van der Waals surface area contributed by atoms with Crippen molar-refractivity contribution in [3.63, 3.8) is 0 Å². The van der Waals surface area contributed by atoms with Gasteiger partial charge in [-0.05, 0) is 33.6 Å². The molecule has 0 aliphatic rings. The molecular weight excluding hydrogens is 276 g/mol. The molecule has 0 heterocycles. The lowest BCUT2D eigenvalue weighted by atomic mass is 10.0. The number of hydrogen-bond acceptors (Lipinski definition) is 5. The standard InChI is InChI=1S/C14H26N2O5/c1-8(2)11(13(19)20)16-12(18)9(3)15-7-10(17)21-14(4,5)6/h8-9,11,15H,7H2,1-6H3,(H,16,18)(H,19,20)/t9-,11-/m0/s1. The first-order valence-electron chi connectivity index (χ1n) is 6.92. The molecule has 0 radical (unpaired) electrons. The lowest BCUT2D eigenvalue weighted by Crippen LogP contribution is -2.51. The molecule has 0 rings (SSSR count). The van der Waals surface area contributed by atoms with Crippen molar-refractivity contribution in [3.05, 3.63) is 0 Å². The zero-order valence-electron chi connectivity index (χ0n) is 13.5. The van der Waals surface area contributed by atoms with Gasteiger partial charge < -0.3 is 15.2 Å². The van der Waals surface area contributed by atoms with E-state index < -0.39 is 35.5 Å². The van der Waals surface area contributed by atoms with Crippen molar-refractivity contribution in [2.75, 3.05) is 6.54 Å². The van der Waals surface area contributed by atoms with Crippen LogP contribution in [-0.4, -0.2) is 47.2 Å². The molecule has 7 heteroatoms. The molecule has 0 saturated heterocycles. The van der Waals surface area contributed by atoms with Gasteiger partial charge in [-0.1, -0.05) is 13.8 Å². The van der Waals surface area contributed by atoms with Gasteiger partial charge >= 0.3 is 11.9 Å². The van der Waals surface area contributed by atoms with Crippen LogP contribution in [0.4, 0.5) is 0 Å². The van der Waals surface area contributed by atoms with Crippen LogP contribution in [0.5, 0.6) is 0 Å². The Morgan fingerprint density at radius 2 is 1.67 bits per heavy atom. The van der Waals surface area contributed by atoms with Crippen LogP contribution >= 0.6 is 0 Å². The van der Waals surface area contributed by atoms with Crippen LogP contribution in [0.15, 0.2) is 0 Å². The van der Waals surface area contributed by atoms with Gasteiger partial charge in [-0.15, -0.1) is 0 Å². The number of aliphatic carboxylic acids is 1. The molecule has 3 N–H and O–H groups in total. The number of rotatable bonds is 7. The maximum atomic E-state index is 11.9. The van der Waals surface area contributed by atoms with Crippen molar-refractivity contribution >= 4 is 17.8 Å². The molecule has 0 fully saturated rings. The molecule has 2 atom stereocenters. The van der Waals surface area contributed by atoms with Crippen LogP contribution in [0.2, 0.25) is 0 Å². The Labute approximate surface area is 125 Å². The predicted octanol–water partition coefficient (Wildman–Crippen LogP) is 0.532. The van der Waals surface area contributed by atoms with Gasteiger partial charge in [-0.25, -0.2) is 4.79 Å². The Morgan fingerprint density at radius 3 is 2.05 bits per heavy atom. The van der Waals surface area contributed by atoms with Crippen molar-refractivity contribution < 1.29 is 24.2 Å². The monoisotopic (exact) mass is 302 g/mol. The van der Waals surface area contributed by atoms with E-state index in [1.165, 1.54) is 0 Å². The zero-order valence-corrected chi connectivity index (χ0v) is 13.5. The van der Waals surface area contributed by atoms with E-state index in [2.05, 4.69) is 10.6 Å². The average molecular weight is 302 g/mol. The minimum Gasteiger partial charge on any atom is -0.480 e. The fraction of sp³-hybridized carbons (Fsp3) is 0.786. The Morgan fingerprint density at radius 1 is 1.14 bits per heavy atom. The summed E-state index contributed by atoms with van der Waals surface area (Å²) in [7, 11) is 0. The molecule has 1 amide bonds. The second kappa shape index (κ2) is 7.97. The topological polar surface area (TPSA) is 105 Å². The van der Waals surface area contributed by atoms with E-state index in [9.17, 15) is 14.4 Å². The largest absolute Gasteiger partial charge is 0.480 e. The smallest absolute Gasteiger partial charge is 0.326 e. The molecule has 0 bridgehead atoms. The highest BCUT2D eigenvalue weighted by molar-refractivity contribution is 5.87. The third-order valence-corrected chi connectivity index (χ3v) is 2.60. The van der Waals surface area contributed by atoms with Crippen LogP contribution in [0.25, 0.3) is 0 Å². The van der Waals surface area contributed by atoms with Crippen molar-refractivity contribution in [1.29, 1.82) is 0 Å².